The fraction of sp³-hybridized carbons (Fsp3) is 0.400. The molecule has 1 aliphatic heterocycles. The van der Waals surface area contributed by atoms with Gasteiger partial charge in [0.1, 0.15) is 0 Å². The molecule has 0 amide bonds. The Hall–Kier alpha value is -1.24. The second-order valence-corrected chi connectivity index (χ2v) is 1.61. The Balaban J connectivity index is 2.42. The van der Waals surface area contributed by atoms with E-state index in [2.05, 4.69) is 15.6 Å². The first-order chi connectivity index (χ1) is 4.43. The lowest BCUT2D eigenvalue weighted by molar-refractivity contribution is 0.786. The standard InChI is InChI=1S/C5H7N4/c6-4-9-5-7-2-1-3-8-5/h1H,2-3H2,(H2,7,8,9). The molecule has 9 heavy (non-hydrogen) atoms. The van der Waals surface area contributed by atoms with E-state index in [1.54, 1.807) is 6.19 Å². The molecule has 1 heterocycles. The van der Waals surface area contributed by atoms with Crippen LogP contribution in [0.5, 0.6) is 0 Å². The summed E-state index contributed by atoms with van der Waals surface area (Å²) < 4.78 is 0. The number of nitrogens with one attached hydrogen (secondary N) is 2. The Kier molecular flexibility index (Phi) is 1.91. The minimum atomic E-state index is 0.569. The zero-order chi connectivity index (χ0) is 6.53. The summed E-state index contributed by atoms with van der Waals surface area (Å²) in [4.78, 5) is 3.46. The van der Waals surface area contributed by atoms with Crippen LogP contribution in [0.15, 0.2) is 4.99 Å². The van der Waals surface area contributed by atoms with E-state index in [-0.39, 0.29) is 0 Å². The highest BCUT2D eigenvalue weighted by molar-refractivity contribution is 5.81. The van der Waals surface area contributed by atoms with Gasteiger partial charge < -0.3 is 10.6 Å². The third kappa shape index (κ3) is 1.61. The smallest absolute Gasteiger partial charge is 0.209 e. The van der Waals surface area contributed by atoms with Gasteiger partial charge >= 0.3 is 0 Å². The van der Waals surface area contributed by atoms with Crippen LogP contribution in [0.1, 0.15) is 0 Å². The van der Waals surface area contributed by atoms with E-state index >= 15 is 0 Å². The van der Waals surface area contributed by atoms with Crippen molar-refractivity contribution >= 4 is 5.96 Å². The van der Waals surface area contributed by atoms with E-state index in [4.69, 9.17) is 5.26 Å². The van der Waals surface area contributed by atoms with Gasteiger partial charge in [-0.1, -0.05) is 0 Å². The number of aliphatic imine (C=N–C) groups is 1. The van der Waals surface area contributed by atoms with Gasteiger partial charge in [0.2, 0.25) is 12.2 Å². The van der Waals surface area contributed by atoms with Gasteiger partial charge in [0.05, 0.1) is 0 Å². The van der Waals surface area contributed by atoms with E-state index in [1.165, 1.54) is 0 Å². The highest BCUT2D eigenvalue weighted by atomic mass is 15.2. The van der Waals surface area contributed by atoms with Gasteiger partial charge in [-0.05, 0) is 6.42 Å². The highest BCUT2D eigenvalue weighted by Gasteiger charge is 2.01. The normalized spacial score (nSPS) is 17.0. The molecule has 0 saturated carbocycles. The summed E-state index contributed by atoms with van der Waals surface area (Å²) in [5.41, 5.74) is 0. The van der Waals surface area contributed by atoms with E-state index in [1.807, 2.05) is 6.42 Å². The van der Waals surface area contributed by atoms with Gasteiger partial charge in [-0.3, -0.25) is 0 Å². The van der Waals surface area contributed by atoms with Crippen LogP contribution in [0.4, 0.5) is 0 Å². The number of hydrogen-bond donors (Lipinski definition) is 2. The molecule has 47 valence electrons. The predicted octanol–water partition coefficient (Wildman–Crippen LogP) is -0.779. The van der Waals surface area contributed by atoms with Crippen LogP contribution in [0, 0.1) is 17.9 Å². The van der Waals surface area contributed by atoms with E-state index in [0.717, 1.165) is 13.1 Å². The third-order valence-electron chi connectivity index (χ3n) is 0.989. The number of rotatable bonds is 0. The van der Waals surface area contributed by atoms with E-state index < -0.39 is 0 Å². The molecule has 0 unspecified atom stereocenters. The molecule has 2 N–H and O–H groups in total. The van der Waals surface area contributed by atoms with Crippen LogP contribution in [-0.2, 0) is 0 Å². The molecule has 1 saturated heterocycles. The molecule has 0 aromatic heterocycles. The van der Waals surface area contributed by atoms with Crippen molar-refractivity contribution in [3.8, 4) is 6.19 Å². The van der Waals surface area contributed by atoms with Crippen molar-refractivity contribution in [2.75, 3.05) is 13.1 Å². The van der Waals surface area contributed by atoms with Gasteiger partial charge in [0.25, 0.3) is 0 Å². The van der Waals surface area contributed by atoms with Crippen molar-refractivity contribution < 1.29 is 0 Å². The van der Waals surface area contributed by atoms with Crippen LogP contribution in [0.3, 0.4) is 0 Å². The van der Waals surface area contributed by atoms with Crippen molar-refractivity contribution in [3.63, 3.8) is 0 Å². The molecule has 1 radical (unpaired) electrons. The number of nitrogens with zero attached hydrogens (tertiary/aromatic N) is 2. The molecule has 0 bridgehead atoms. The van der Waals surface area contributed by atoms with Crippen molar-refractivity contribution in [1.82, 2.24) is 10.6 Å². The zero-order valence-electron chi connectivity index (χ0n) is 4.89. The molecule has 1 rings (SSSR count). The van der Waals surface area contributed by atoms with Crippen LogP contribution < -0.4 is 10.6 Å². The monoisotopic (exact) mass is 123 g/mol. The van der Waals surface area contributed by atoms with E-state index in [9.17, 15) is 0 Å². The summed E-state index contributed by atoms with van der Waals surface area (Å²) in [6.45, 7) is 1.57. The third-order valence-corrected chi connectivity index (χ3v) is 0.989. The first kappa shape index (κ1) is 5.89. The minimum Gasteiger partial charge on any atom is -0.355 e. The fourth-order valence-electron chi connectivity index (χ4n) is 0.601. The minimum absolute atomic E-state index is 0.569. The lowest BCUT2D eigenvalue weighted by Gasteiger charge is -2.15. The molecule has 0 atom stereocenters. The largest absolute Gasteiger partial charge is 0.355 e. The molecule has 0 spiro atoms. The molecule has 4 heteroatoms. The zero-order valence-corrected chi connectivity index (χ0v) is 4.89. The molecule has 1 aliphatic rings. The SMILES string of the molecule is N#CN=C1NC[CH]CN1. The topological polar surface area (TPSA) is 60.2 Å². The van der Waals surface area contributed by atoms with Crippen LogP contribution in [-0.4, -0.2) is 19.0 Å². The predicted molar refractivity (Wildman–Crippen MR) is 33.4 cm³/mol. The number of hydrogen-bond acceptors (Lipinski definition) is 2. The number of nitriles is 1. The Morgan fingerprint density at radius 3 is 2.78 bits per heavy atom. The van der Waals surface area contributed by atoms with Crippen molar-refractivity contribution in [1.29, 1.82) is 5.26 Å². The van der Waals surface area contributed by atoms with Crippen LogP contribution in [0.25, 0.3) is 0 Å². The highest BCUT2D eigenvalue weighted by Crippen LogP contribution is 1.79. The summed E-state index contributed by atoms with van der Waals surface area (Å²) in [5, 5.41) is 13.9. The first-order valence-electron chi connectivity index (χ1n) is 2.69. The maximum Gasteiger partial charge on any atom is 0.209 e. The summed E-state index contributed by atoms with van der Waals surface area (Å²) in [6.07, 6.45) is 3.71. The maximum absolute atomic E-state index is 8.09. The van der Waals surface area contributed by atoms with E-state index in [0.29, 0.717) is 5.96 Å². The lowest BCUT2D eigenvalue weighted by atomic mass is 10.4. The van der Waals surface area contributed by atoms with Crippen molar-refractivity contribution in [2.24, 2.45) is 4.99 Å². The molecule has 0 aromatic carbocycles. The first-order valence-corrected chi connectivity index (χ1v) is 2.69. The maximum atomic E-state index is 8.09. The Morgan fingerprint density at radius 2 is 2.22 bits per heavy atom. The van der Waals surface area contributed by atoms with Gasteiger partial charge in [-0.15, -0.1) is 4.99 Å². The van der Waals surface area contributed by atoms with Crippen LogP contribution in [0.2, 0.25) is 0 Å². The molecule has 0 aliphatic carbocycles. The molecule has 0 aromatic rings. The fourth-order valence-corrected chi connectivity index (χ4v) is 0.601. The van der Waals surface area contributed by atoms with Gasteiger partial charge in [-0.2, -0.15) is 5.26 Å². The molecule has 4 nitrogen and oxygen atoms in total. The molecular formula is C5H7N4. The quantitative estimate of drug-likeness (QED) is 0.415. The van der Waals surface area contributed by atoms with Crippen molar-refractivity contribution in [2.45, 2.75) is 0 Å². The summed E-state index contributed by atoms with van der Waals surface area (Å²) >= 11 is 0. The Labute approximate surface area is 53.6 Å². The lowest BCUT2D eigenvalue weighted by Crippen LogP contribution is -2.44. The van der Waals surface area contributed by atoms with Gasteiger partial charge in [-0.25, -0.2) is 0 Å². The van der Waals surface area contributed by atoms with Crippen molar-refractivity contribution in [3.05, 3.63) is 6.42 Å². The van der Waals surface area contributed by atoms with Gasteiger partial charge in [0, 0.05) is 13.1 Å². The summed E-state index contributed by atoms with van der Waals surface area (Å²) in [5.74, 6) is 0.569. The number of guanidine groups is 1. The molecular weight excluding hydrogens is 116 g/mol. The average Bonchev–Trinajstić information content (AvgIpc) is 1.91. The second kappa shape index (κ2) is 2.92. The summed E-state index contributed by atoms with van der Waals surface area (Å²) in [7, 11) is 0. The van der Waals surface area contributed by atoms with Gasteiger partial charge in [0.15, 0.2) is 0 Å². The Morgan fingerprint density at radius 1 is 1.56 bits per heavy atom. The second-order valence-electron chi connectivity index (χ2n) is 1.61. The molecule has 1 fully saturated rings. The Bertz CT molecular complexity index is 147. The average molecular weight is 123 g/mol. The van der Waals surface area contributed by atoms with Crippen LogP contribution >= 0.6 is 0 Å². The summed E-state index contributed by atoms with van der Waals surface area (Å²) in [6, 6.07) is 0.